The number of fused-ring (bicyclic) bond motifs is 1. The summed E-state index contributed by atoms with van der Waals surface area (Å²) in [5.74, 6) is 0.0119. The summed E-state index contributed by atoms with van der Waals surface area (Å²) < 4.78 is 0. The smallest absolute Gasteiger partial charge is 0.251 e. The first-order valence-electron chi connectivity index (χ1n) is 6.74. The van der Waals surface area contributed by atoms with Crippen LogP contribution in [-0.4, -0.2) is 18.0 Å². The molecule has 18 heavy (non-hydrogen) atoms. The molecule has 0 heterocycles. The first-order chi connectivity index (χ1) is 8.56. The molecule has 0 radical (unpaired) electrons. The monoisotopic (exact) mass is 246 g/mol. The van der Waals surface area contributed by atoms with Crippen LogP contribution in [0.2, 0.25) is 0 Å². The fraction of sp³-hybridized carbons (Fsp3) is 0.533. The summed E-state index contributed by atoms with van der Waals surface area (Å²) in [6, 6.07) is 6.29. The second kappa shape index (κ2) is 5.53. The summed E-state index contributed by atoms with van der Waals surface area (Å²) in [6.45, 7) is 3.95. The van der Waals surface area contributed by atoms with Gasteiger partial charge in [0.1, 0.15) is 0 Å². The van der Waals surface area contributed by atoms with E-state index in [1.165, 1.54) is 17.5 Å². The van der Waals surface area contributed by atoms with Crippen molar-refractivity contribution >= 4 is 5.91 Å². The van der Waals surface area contributed by atoms with Gasteiger partial charge in [0.25, 0.3) is 5.91 Å². The lowest BCUT2D eigenvalue weighted by atomic mass is 10.1. The molecule has 3 heteroatoms. The van der Waals surface area contributed by atoms with Crippen LogP contribution in [0.15, 0.2) is 18.2 Å². The zero-order valence-electron chi connectivity index (χ0n) is 11.2. The standard InChI is InChI=1S/C15H22N2O/c1-10(16)8-11(2)17-15(18)14-7-6-12-4-3-5-13(12)9-14/h6-7,9-11H,3-5,8,16H2,1-2H3,(H,17,18). The summed E-state index contributed by atoms with van der Waals surface area (Å²) in [7, 11) is 0. The van der Waals surface area contributed by atoms with Gasteiger partial charge in [0.05, 0.1) is 0 Å². The number of carbonyl (C=O) groups is 1. The molecular weight excluding hydrogens is 224 g/mol. The van der Waals surface area contributed by atoms with Crippen LogP contribution in [0.5, 0.6) is 0 Å². The van der Waals surface area contributed by atoms with Crippen LogP contribution < -0.4 is 11.1 Å². The summed E-state index contributed by atoms with van der Waals surface area (Å²) in [4.78, 5) is 12.1. The molecule has 0 aliphatic heterocycles. The molecule has 1 aromatic carbocycles. The number of benzene rings is 1. The number of rotatable bonds is 4. The minimum absolute atomic E-state index is 0.0119. The summed E-state index contributed by atoms with van der Waals surface area (Å²) in [6.07, 6.45) is 4.27. The number of nitrogens with two attached hydrogens (primary N) is 1. The summed E-state index contributed by atoms with van der Waals surface area (Å²) >= 11 is 0. The molecule has 1 aromatic rings. The van der Waals surface area contributed by atoms with Crippen molar-refractivity contribution in [2.75, 3.05) is 0 Å². The van der Waals surface area contributed by atoms with E-state index in [-0.39, 0.29) is 18.0 Å². The average Bonchev–Trinajstić information content (AvgIpc) is 2.74. The van der Waals surface area contributed by atoms with E-state index in [2.05, 4.69) is 11.4 Å². The molecule has 0 spiro atoms. The Morgan fingerprint density at radius 1 is 1.33 bits per heavy atom. The minimum Gasteiger partial charge on any atom is -0.350 e. The predicted octanol–water partition coefficient (Wildman–Crippen LogP) is 2.03. The summed E-state index contributed by atoms with van der Waals surface area (Å²) in [5.41, 5.74) is 9.23. The molecule has 98 valence electrons. The van der Waals surface area contributed by atoms with Crippen LogP contribution >= 0.6 is 0 Å². The van der Waals surface area contributed by atoms with Crippen LogP contribution in [0, 0.1) is 0 Å². The Kier molecular flexibility index (Phi) is 4.02. The third-order valence-corrected chi connectivity index (χ3v) is 3.46. The highest BCUT2D eigenvalue weighted by Crippen LogP contribution is 2.22. The quantitative estimate of drug-likeness (QED) is 0.854. The van der Waals surface area contributed by atoms with Gasteiger partial charge in [-0.3, -0.25) is 4.79 Å². The number of hydrogen-bond acceptors (Lipinski definition) is 2. The van der Waals surface area contributed by atoms with Crippen molar-refractivity contribution in [3.63, 3.8) is 0 Å². The largest absolute Gasteiger partial charge is 0.350 e. The van der Waals surface area contributed by atoms with Crippen molar-refractivity contribution in [3.05, 3.63) is 34.9 Å². The van der Waals surface area contributed by atoms with E-state index < -0.39 is 0 Å². The molecule has 0 aromatic heterocycles. The zero-order valence-corrected chi connectivity index (χ0v) is 11.2. The zero-order chi connectivity index (χ0) is 13.1. The number of amides is 1. The number of hydrogen-bond donors (Lipinski definition) is 2. The van der Waals surface area contributed by atoms with E-state index in [1.54, 1.807) is 0 Å². The highest BCUT2D eigenvalue weighted by atomic mass is 16.1. The van der Waals surface area contributed by atoms with Gasteiger partial charge in [-0.25, -0.2) is 0 Å². The SMILES string of the molecule is CC(N)CC(C)NC(=O)c1ccc2c(c1)CCC2. The molecule has 1 amide bonds. The highest BCUT2D eigenvalue weighted by molar-refractivity contribution is 5.94. The number of aryl methyl sites for hydroxylation is 2. The van der Waals surface area contributed by atoms with Crippen LogP contribution in [0.3, 0.4) is 0 Å². The second-order valence-electron chi connectivity index (χ2n) is 5.42. The van der Waals surface area contributed by atoms with Crippen molar-refractivity contribution in [3.8, 4) is 0 Å². The second-order valence-corrected chi connectivity index (χ2v) is 5.42. The van der Waals surface area contributed by atoms with Gasteiger partial charge in [-0.2, -0.15) is 0 Å². The van der Waals surface area contributed by atoms with Crippen LogP contribution in [0.25, 0.3) is 0 Å². The maximum atomic E-state index is 12.1. The molecule has 2 rings (SSSR count). The first-order valence-corrected chi connectivity index (χ1v) is 6.74. The highest BCUT2D eigenvalue weighted by Gasteiger charge is 2.15. The van der Waals surface area contributed by atoms with Gasteiger partial charge in [-0.15, -0.1) is 0 Å². The number of carbonyl (C=O) groups excluding carboxylic acids is 1. The number of nitrogens with one attached hydrogen (secondary N) is 1. The van der Waals surface area contributed by atoms with E-state index in [1.807, 2.05) is 26.0 Å². The van der Waals surface area contributed by atoms with Crippen molar-refractivity contribution in [1.29, 1.82) is 0 Å². The Morgan fingerprint density at radius 2 is 2.06 bits per heavy atom. The molecule has 1 aliphatic carbocycles. The lowest BCUT2D eigenvalue weighted by Gasteiger charge is -2.16. The van der Waals surface area contributed by atoms with Gasteiger partial charge in [0.15, 0.2) is 0 Å². The fourth-order valence-electron chi connectivity index (χ4n) is 2.64. The summed E-state index contributed by atoms with van der Waals surface area (Å²) in [5, 5.41) is 3.00. The molecule has 2 unspecified atom stereocenters. The van der Waals surface area contributed by atoms with E-state index in [9.17, 15) is 4.79 Å². The van der Waals surface area contributed by atoms with E-state index in [0.29, 0.717) is 0 Å². The van der Waals surface area contributed by atoms with Gasteiger partial charge in [0, 0.05) is 17.6 Å². The van der Waals surface area contributed by atoms with E-state index in [4.69, 9.17) is 5.73 Å². The van der Waals surface area contributed by atoms with E-state index >= 15 is 0 Å². The average molecular weight is 246 g/mol. The molecule has 3 nitrogen and oxygen atoms in total. The molecule has 2 atom stereocenters. The lowest BCUT2D eigenvalue weighted by Crippen LogP contribution is -2.36. The van der Waals surface area contributed by atoms with Gasteiger partial charge < -0.3 is 11.1 Å². The Balaban J connectivity index is 2.01. The maximum absolute atomic E-state index is 12.1. The Bertz CT molecular complexity index is 440. The Hall–Kier alpha value is -1.35. The third-order valence-electron chi connectivity index (χ3n) is 3.46. The normalized spacial score (nSPS) is 17.1. The van der Waals surface area contributed by atoms with Gasteiger partial charge >= 0.3 is 0 Å². The van der Waals surface area contributed by atoms with Crippen molar-refractivity contribution in [2.24, 2.45) is 5.73 Å². The third kappa shape index (κ3) is 3.10. The lowest BCUT2D eigenvalue weighted by molar-refractivity contribution is 0.0937. The van der Waals surface area contributed by atoms with Gasteiger partial charge in [-0.1, -0.05) is 6.07 Å². The van der Waals surface area contributed by atoms with Gasteiger partial charge in [-0.05, 0) is 62.8 Å². The first kappa shape index (κ1) is 13.1. The topological polar surface area (TPSA) is 55.1 Å². The molecule has 0 fully saturated rings. The van der Waals surface area contributed by atoms with Crippen LogP contribution in [0.4, 0.5) is 0 Å². The van der Waals surface area contributed by atoms with Crippen molar-refractivity contribution < 1.29 is 4.79 Å². The van der Waals surface area contributed by atoms with Crippen molar-refractivity contribution in [1.82, 2.24) is 5.32 Å². The minimum atomic E-state index is 0.0119. The van der Waals surface area contributed by atoms with Crippen LogP contribution in [0.1, 0.15) is 48.2 Å². The molecule has 3 N–H and O–H groups in total. The molecule has 0 saturated carbocycles. The van der Waals surface area contributed by atoms with Crippen molar-refractivity contribution in [2.45, 2.75) is 51.6 Å². The Morgan fingerprint density at radius 3 is 2.78 bits per heavy atom. The Labute approximate surface area is 109 Å². The molecular formula is C15H22N2O. The van der Waals surface area contributed by atoms with E-state index in [0.717, 1.165) is 24.8 Å². The predicted molar refractivity (Wildman–Crippen MR) is 73.7 cm³/mol. The maximum Gasteiger partial charge on any atom is 0.251 e. The fourth-order valence-corrected chi connectivity index (χ4v) is 2.64. The van der Waals surface area contributed by atoms with Crippen LogP contribution in [-0.2, 0) is 12.8 Å². The molecule has 1 aliphatic rings. The molecule has 0 saturated heterocycles. The van der Waals surface area contributed by atoms with Gasteiger partial charge in [0.2, 0.25) is 0 Å². The molecule has 0 bridgehead atoms.